The summed E-state index contributed by atoms with van der Waals surface area (Å²) in [5, 5.41) is 9.99. The van der Waals surface area contributed by atoms with Gasteiger partial charge >= 0.3 is 12.1 Å². The van der Waals surface area contributed by atoms with Gasteiger partial charge in [0.1, 0.15) is 11.7 Å². The van der Waals surface area contributed by atoms with Crippen LogP contribution >= 0.6 is 0 Å². The van der Waals surface area contributed by atoms with Crippen molar-refractivity contribution in [2.24, 2.45) is 4.99 Å². The number of hydrogen-bond donors (Lipinski definition) is 3. The zero-order valence-electron chi connectivity index (χ0n) is 16.3. The predicted molar refractivity (Wildman–Crippen MR) is 105 cm³/mol. The molecule has 0 bridgehead atoms. The molecular formula is C20H16F3N5O3. The number of carboxylic acids is 1. The molecule has 3 N–H and O–H groups in total. The third-order valence-corrected chi connectivity index (χ3v) is 5.33. The summed E-state index contributed by atoms with van der Waals surface area (Å²) >= 11 is 0. The molecule has 0 saturated heterocycles. The molecule has 0 aliphatic carbocycles. The van der Waals surface area contributed by atoms with Crippen molar-refractivity contribution in [1.29, 1.82) is 0 Å². The van der Waals surface area contributed by atoms with Crippen molar-refractivity contribution in [3.8, 4) is 0 Å². The lowest BCUT2D eigenvalue weighted by Gasteiger charge is -2.29. The number of halogens is 3. The number of imidazole rings is 1. The topological polar surface area (TPSA) is 124 Å². The van der Waals surface area contributed by atoms with Crippen LogP contribution in [0, 0.1) is 13.8 Å². The fraction of sp³-hybridized carbons (Fsp3) is 0.250. The first-order valence-electron chi connectivity index (χ1n) is 9.12. The number of H-pyrrole nitrogens is 2. The van der Waals surface area contributed by atoms with Crippen molar-refractivity contribution in [2.75, 3.05) is 0 Å². The van der Waals surface area contributed by atoms with Crippen molar-refractivity contribution in [3.05, 3.63) is 69.2 Å². The first-order valence-corrected chi connectivity index (χ1v) is 9.12. The maximum atomic E-state index is 13.6. The van der Waals surface area contributed by atoms with Gasteiger partial charge < -0.3 is 15.1 Å². The molecule has 0 spiro atoms. The quantitative estimate of drug-likeness (QED) is 0.586. The number of carboxylic acid groups (broad SMARTS) is 1. The third kappa shape index (κ3) is 3.22. The maximum Gasteiger partial charge on any atom is 0.433 e. The van der Waals surface area contributed by atoms with Gasteiger partial charge in [-0.1, -0.05) is 0 Å². The average molecular weight is 431 g/mol. The minimum atomic E-state index is -5.05. The van der Waals surface area contributed by atoms with Crippen molar-refractivity contribution < 1.29 is 23.1 Å². The van der Waals surface area contributed by atoms with Crippen LogP contribution in [0.2, 0.25) is 0 Å². The van der Waals surface area contributed by atoms with E-state index in [2.05, 4.69) is 19.9 Å². The number of rotatable bonds is 4. The highest BCUT2D eigenvalue weighted by molar-refractivity contribution is 5.85. The van der Waals surface area contributed by atoms with E-state index >= 15 is 0 Å². The standard InChI is InChI=1S/C20H16F3N5O3/c1-9-6-11-12(7-10(9)2)28-18(27-11)19(4-3-5-26-19)14(17(30)31)13-15(20(21,22)23)24-8-25-16(13)29/h3-8,14H,1-2H3,(H,27,28)(H,30,31)(H,24,25,29). The number of alkyl halides is 3. The highest BCUT2D eigenvalue weighted by Crippen LogP contribution is 2.45. The van der Waals surface area contributed by atoms with Crippen LogP contribution in [-0.4, -0.2) is 37.2 Å². The lowest BCUT2D eigenvalue weighted by Crippen LogP contribution is -2.40. The highest BCUT2D eigenvalue weighted by Gasteiger charge is 2.52. The molecule has 4 rings (SSSR count). The van der Waals surface area contributed by atoms with E-state index in [1.165, 1.54) is 18.4 Å². The van der Waals surface area contributed by atoms with E-state index in [1.54, 1.807) is 12.1 Å². The van der Waals surface area contributed by atoms with E-state index in [0.717, 1.165) is 11.1 Å². The summed E-state index contributed by atoms with van der Waals surface area (Å²) < 4.78 is 40.9. The summed E-state index contributed by atoms with van der Waals surface area (Å²) in [7, 11) is 0. The lowest BCUT2D eigenvalue weighted by molar-refractivity contribution is -0.145. The van der Waals surface area contributed by atoms with Crippen LogP contribution in [0.15, 0.2) is 40.4 Å². The number of nitrogens with one attached hydrogen (secondary N) is 2. The molecular weight excluding hydrogens is 415 g/mol. The second-order valence-electron chi connectivity index (χ2n) is 7.26. The molecule has 8 nitrogen and oxygen atoms in total. The fourth-order valence-corrected chi connectivity index (χ4v) is 3.74. The summed E-state index contributed by atoms with van der Waals surface area (Å²) in [5.41, 5.74) is -2.81. The molecule has 2 unspecified atom stereocenters. The molecule has 1 aliphatic rings. The van der Waals surface area contributed by atoms with E-state index in [1.807, 2.05) is 18.8 Å². The Kier molecular flexibility index (Phi) is 4.56. The Hall–Kier alpha value is -3.76. The number of aliphatic imine (C=N–C) groups is 1. The SMILES string of the molecule is Cc1cc2nc(C3(C(C(=O)O)c4c(C(F)(F)F)nc[nH]c4=O)C=CC=N3)[nH]c2cc1C. The average Bonchev–Trinajstić information content (AvgIpc) is 3.30. The molecule has 1 aromatic carbocycles. The van der Waals surface area contributed by atoms with Gasteiger partial charge in [-0.25, -0.2) is 9.97 Å². The summed E-state index contributed by atoms with van der Waals surface area (Å²) in [6.07, 6.45) is -0.488. The number of carbonyl (C=O) groups is 1. The monoisotopic (exact) mass is 431 g/mol. The minimum absolute atomic E-state index is 0.00118. The number of aromatic nitrogens is 4. The molecule has 11 heteroatoms. The van der Waals surface area contributed by atoms with Crippen LogP contribution in [0.3, 0.4) is 0 Å². The molecule has 160 valence electrons. The van der Waals surface area contributed by atoms with Crippen LogP contribution in [-0.2, 0) is 16.5 Å². The molecule has 1 aliphatic heterocycles. The van der Waals surface area contributed by atoms with Gasteiger partial charge in [0.15, 0.2) is 11.2 Å². The number of aryl methyl sites for hydroxylation is 2. The maximum absolute atomic E-state index is 13.6. The second kappa shape index (κ2) is 6.89. The van der Waals surface area contributed by atoms with Gasteiger partial charge in [-0.05, 0) is 49.3 Å². The van der Waals surface area contributed by atoms with E-state index < -0.39 is 40.4 Å². The Labute approximate surface area is 172 Å². The second-order valence-corrected chi connectivity index (χ2v) is 7.26. The Morgan fingerprint density at radius 3 is 2.55 bits per heavy atom. The molecule has 0 fully saturated rings. The molecule has 31 heavy (non-hydrogen) atoms. The van der Waals surface area contributed by atoms with E-state index in [-0.39, 0.29) is 5.82 Å². The minimum Gasteiger partial charge on any atom is -0.481 e. The summed E-state index contributed by atoms with van der Waals surface area (Å²) in [4.78, 5) is 41.6. The number of aromatic amines is 2. The largest absolute Gasteiger partial charge is 0.481 e. The normalized spacial score (nSPS) is 19.3. The van der Waals surface area contributed by atoms with Gasteiger partial charge in [-0.2, -0.15) is 13.2 Å². The number of hydrogen-bond acceptors (Lipinski definition) is 5. The summed E-state index contributed by atoms with van der Waals surface area (Å²) in [6.45, 7) is 3.75. The van der Waals surface area contributed by atoms with Gasteiger partial charge in [0.05, 0.1) is 22.9 Å². The Morgan fingerprint density at radius 1 is 1.23 bits per heavy atom. The molecule has 0 radical (unpaired) electrons. The highest BCUT2D eigenvalue weighted by atomic mass is 19.4. The number of nitrogens with zero attached hydrogens (tertiary/aromatic N) is 3. The molecule has 0 saturated carbocycles. The van der Waals surface area contributed by atoms with Gasteiger partial charge in [0.25, 0.3) is 5.56 Å². The Morgan fingerprint density at radius 2 is 1.94 bits per heavy atom. The zero-order chi connectivity index (χ0) is 22.6. The smallest absolute Gasteiger partial charge is 0.433 e. The van der Waals surface area contributed by atoms with Crippen molar-refractivity contribution in [3.63, 3.8) is 0 Å². The lowest BCUT2D eigenvalue weighted by atomic mass is 9.78. The number of fused-ring (bicyclic) bond motifs is 1. The Balaban J connectivity index is 2.02. The molecule has 3 heterocycles. The molecule has 2 aromatic heterocycles. The number of benzene rings is 1. The van der Waals surface area contributed by atoms with Crippen LogP contribution in [0.25, 0.3) is 11.0 Å². The van der Waals surface area contributed by atoms with Crippen LogP contribution in [0.1, 0.15) is 34.1 Å². The molecule has 2 atom stereocenters. The van der Waals surface area contributed by atoms with E-state index in [9.17, 15) is 27.9 Å². The van der Waals surface area contributed by atoms with E-state index in [4.69, 9.17) is 0 Å². The Bertz CT molecular complexity index is 1270. The first-order chi connectivity index (χ1) is 14.5. The van der Waals surface area contributed by atoms with Crippen molar-refractivity contribution in [1.82, 2.24) is 19.9 Å². The molecule has 0 amide bonds. The summed E-state index contributed by atoms with van der Waals surface area (Å²) in [6, 6.07) is 3.57. The van der Waals surface area contributed by atoms with Gasteiger partial charge in [0, 0.05) is 6.21 Å². The number of allylic oxidation sites excluding steroid dienone is 1. The van der Waals surface area contributed by atoms with Crippen LogP contribution in [0.5, 0.6) is 0 Å². The van der Waals surface area contributed by atoms with Gasteiger partial charge in [-0.3, -0.25) is 14.6 Å². The third-order valence-electron chi connectivity index (χ3n) is 5.33. The van der Waals surface area contributed by atoms with Crippen LogP contribution in [0.4, 0.5) is 13.2 Å². The first kappa shape index (κ1) is 20.5. The number of aliphatic carboxylic acids is 1. The summed E-state index contributed by atoms with van der Waals surface area (Å²) in [5.74, 6) is -3.72. The van der Waals surface area contributed by atoms with Gasteiger partial charge in [0.2, 0.25) is 0 Å². The van der Waals surface area contributed by atoms with Crippen LogP contribution < -0.4 is 5.56 Å². The van der Waals surface area contributed by atoms with Crippen molar-refractivity contribution >= 4 is 23.2 Å². The zero-order valence-corrected chi connectivity index (χ0v) is 16.3. The van der Waals surface area contributed by atoms with Gasteiger partial charge in [-0.15, -0.1) is 0 Å². The van der Waals surface area contributed by atoms with Crippen molar-refractivity contribution in [2.45, 2.75) is 31.5 Å². The van der Waals surface area contributed by atoms with E-state index in [0.29, 0.717) is 17.4 Å². The predicted octanol–water partition coefficient (Wildman–Crippen LogP) is 2.99. The molecule has 3 aromatic rings. The fourth-order valence-electron chi connectivity index (χ4n) is 3.74.